The molecule has 2 aliphatic heterocycles. The van der Waals surface area contributed by atoms with Gasteiger partial charge in [0.15, 0.2) is 0 Å². The summed E-state index contributed by atoms with van der Waals surface area (Å²) in [6, 6.07) is 1.89. The van der Waals surface area contributed by atoms with Crippen molar-refractivity contribution in [2.45, 2.75) is 37.8 Å². The van der Waals surface area contributed by atoms with Gasteiger partial charge in [0.2, 0.25) is 0 Å². The molecule has 0 spiro atoms. The van der Waals surface area contributed by atoms with Crippen LogP contribution in [0, 0.1) is 5.92 Å². The van der Waals surface area contributed by atoms with Crippen molar-refractivity contribution in [3.8, 4) is 0 Å². The van der Waals surface area contributed by atoms with Crippen molar-refractivity contribution in [2.24, 2.45) is 5.92 Å². The molecule has 2 atom stereocenters. The lowest BCUT2D eigenvalue weighted by Gasteiger charge is -2.37. The van der Waals surface area contributed by atoms with Crippen LogP contribution in [0.25, 0.3) is 0 Å². The van der Waals surface area contributed by atoms with Gasteiger partial charge < -0.3 is 5.32 Å². The van der Waals surface area contributed by atoms with Crippen molar-refractivity contribution in [3.05, 3.63) is 0 Å². The predicted octanol–water partition coefficient (Wildman–Crippen LogP) is 0.833. The van der Waals surface area contributed by atoms with E-state index in [0.717, 1.165) is 18.0 Å². The van der Waals surface area contributed by atoms with Crippen LogP contribution in [-0.2, 0) is 0 Å². The zero-order chi connectivity index (χ0) is 7.97. The first-order chi connectivity index (χ1) is 5.95. The fourth-order valence-electron chi connectivity index (χ4n) is 2.96. The van der Waals surface area contributed by atoms with Crippen LogP contribution < -0.4 is 5.32 Å². The van der Waals surface area contributed by atoms with Crippen molar-refractivity contribution in [2.75, 3.05) is 19.6 Å². The number of nitrogens with one attached hydrogen (secondary N) is 1. The third kappa shape index (κ3) is 1.09. The molecule has 1 saturated carbocycles. The first-order valence-corrected chi connectivity index (χ1v) is 5.41. The molecule has 2 unspecified atom stereocenters. The molecule has 68 valence electrons. The van der Waals surface area contributed by atoms with Gasteiger partial charge in [-0.2, -0.15) is 0 Å². The second kappa shape index (κ2) is 2.71. The number of piperidine rings is 1. The third-order valence-corrected chi connectivity index (χ3v) is 3.74. The van der Waals surface area contributed by atoms with Gasteiger partial charge in [0, 0.05) is 18.6 Å². The Bertz CT molecular complexity index is 177. The molecule has 1 aliphatic carbocycles. The van der Waals surface area contributed by atoms with Crippen molar-refractivity contribution in [3.63, 3.8) is 0 Å². The van der Waals surface area contributed by atoms with Crippen LogP contribution in [0.15, 0.2) is 0 Å². The van der Waals surface area contributed by atoms with Crippen molar-refractivity contribution in [1.82, 2.24) is 10.2 Å². The number of hydrogen-bond acceptors (Lipinski definition) is 2. The highest BCUT2D eigenvalue weighted by Gasteiger charge is 2.41. The second-order valence-corrected chi connectivity index (χ2v) is 4.60. The minimum atomic E-state index is 0.909. The Kier molecular flexibility index (Phi) is 1.66. The summed E-state index contributed by atoms with van der Waals surface area (Å²) in [5.41, 5.74) is 0. The number of hydrogen-bond donors (Lipinski definition) is 1. The molecule has 3 rings (SSSR count). The summed E-state index contributed by atoms with van der Waals surface area (Å²) < 4.78 is 0. The Hall–Kier alpha value is -0.0800. The predicted molar refractivity (Wildman–Crippen MR) is 49.1 cm³/mol. The van der Waals surface area contributed by atoms with Gasteiger partial charge >= 0.3 is 0 Å². The molecule has 0 amide bonds. The van der Waals surface area contributed by atoms with E-state index in [2.05, 4.69) is 10.2 Å². The largest absolute Gasteiger partial charge is 0.315 e. The molecule has 2 nitrogen and oxygen atoms in total. The first-order valence-electron chi connectivity index (χ1n) is 5.41. The topological polar surface area (TPSA) is 15.3 Å². The minimum Gasteiger partial charge on any atom is -0.315 e. The molecule has 2 saturated heterocycles. The average Bonchev–Trinajstić information content (AvgIpc) is 2.82. The maximum absolute atomic E-state index is 3.54. The van der Waals surface area contributed by atoms with Crippen LogP contribution in [-0.4, -0.2) is 36.6 Å². The van der Waals surface area contributed by atoms with E-state index in [-0.39, 0.29) is 0 Å². The fraction of sp³-hybridized carbons (Fsp3) is 1.00. The number of fused-ring (bicyclic) bond motifs is 1. The van der Waals surface area contributed by atoms with Gasteiger partial charge in [-0.15, -0.1) is 0 Å². The van der Waals surface area contributed by atoms with Gasteiger partial charge in [-0.25, -0.2) is 0 Å². The lowest BCUT2D eigenvalue weighted by molar-refractivity contribution is 0.117. The Morgan fingerprint density at radius 2 is 2.00 bits per heavy atom. The first kappa shape index (κ1) is 7.34. The molecule has 0 aromatic carbocycles. The maximum Gasteiger partial charge on any atom is 0.0263 e. The molecular weight excluding hydrogens is 148 g/mol. The van der Waals surface area contributed by atoms with E-state index >= 15 is 0 Å². The van der Waals surface area contributed by atoms with Crippen molar-refractivity contribution < 1.29 is 0 Å². The normalized spacial score (nSPS) is 43.0. The molecule has 0 aromatic rings. The number of likely N-dealkylation sites (tertiary alicyclic amines) is 1. The lowest BCUT2D eigenvalue weighted by Crippen LogP contribution is -2.46. The Balaban J connectivity index is 1.74. The third-order valence-electron chi connectivity index (χ3n) is 3.74. The van der Waals surface area contributed by atoms with Crippen LogP contribution >= 0.6 is 0 Å². The van der Waals surface area contributed by atoms with Gasteiger partial charge in [0.05, 0.1) is 0 Å². The van der Waals surface area contributed by atoms with E-state index < -0.39 is 0 Å². The number of nitrogens with zero attached hydrogens (tertiary/aromatic N) is 1. The summed E-state index contributed by atoms with van der Waals surface area (Å²) in [6.45, 7) is 3.93. The van der Waals surface area contributed by atoms with Crippen molar-refractivity contribution in [1.29, 1.82) is 0 Å². The minimum absolute atomic E-state index is 0.909. The van der Waals surface area contributed by atoms with Gasteiger partial charge in [0.1, 0.15) is 0 Å². The van der Waals surface area contributed by atoms with E-state index in [4.69, 9.17) is 0 Å². The molecule has 12 heavy (non-hydrogen) atoms. The maximum atomic E-state index is 3.54. The van der Waals surface area contributed by atoms with Crippen LogP contribution in [0.2, 0.25) is 0 Å². The molecule has 0 bridgehead atoms. The quantitative estimate of drug-likeness (QED) is 0.621. The molecule has 3 fully saturated rings. The molecule has 2 heteroatoms. The van der Waals surface area contributed by atoms with E-state index in [0.29, 0.717) is 0 Å². The Morgan fingerprint density at radius 1 is 1.08 bits per heavy atom. The molecule has 0 aromatic heterocycles. The van der Waals surface area contributed by atoms with Gasteiger partial charge in [-0.05, 0) is 44.7 Å². The van der Waals surface area contributed by atoms with Crippen molar-refractivity contribution >= 4 is 0 Å². The second-order valence-electron chi connectivity index (χ2n) is 4.60. The summed E-state index contributed by atoms with van der Waals surface area (Å²) in [6.07, 6.45) is 5.87. The van der Waals surface area contributed by atoms with Crippen LogP contribution in [0.3, 0.4) is 0 Å². The Morgan fingerprint density at radius 3 is 2.83 bits per heavy atom. The Labute approximate surface area is 74.3 Å². The van der Waals surface area contributed by atoms with Gasteiger partial charge in [-0.3, -0.25) is 4.90 Å². The van der Waals surface area contributed by atoms with Gasteiger partial charge in [-0.1, -0.05) is 0 Å². The smallest absolute Gasteiger partial charge is 0.0263 e. The monoisotopic (exact) mass is 166 g/mol. The number of rotatable bonds is 1. The van der Waals surface area contributed by atoms with Crippen LogP contribution in [0.1, 0.15) is 25.7 Å². The van der Waals surface area contributed by atoms with E-state index in [1.54, 1.807) is 0 Å². The molecule has 0 radical (unpaired) electrons. The highest BCUT2D eigenvalue weighted by Crippen LogP contribution is 2.35. The zero-order valence-electron chi connectivity index (χ0n) is 7.63. The average molecular weight is 166 g/mol. The SMILES string of the molecule is C1CC2CNCC2N(C2CC2)C1. The highest BCUT2D eigenvalue weighted by atomic mass is 15.3. The molecule has 2 heterocycles. The zero-order valence-corrected chi connectivity index (χ0v) is 7.63. The summed E-state index contributed by atoms with van der Waals surface area (Å²) in [5.74, 6) is 0.986. The molecule has 1 N–H and O–H groups in total. The highest BCUT2D eigenvalue weighted by molar-refractivity contribution is 4.98. The van der Waals surface area contributed by atoms with Crippen LogP contribution in [0.5, 0.6) is 0 Å². The summed E-state index contributed by atoms with van der Waals surface area (Å²) >= 11 is 0. The summed E-state index contributed by atoms with van der Waals surface area (Å²) in [4.78, 5) is 2.79. The summed E-state index contributed by atoms with van der Waals surface area (Å²) in [7, 11) is 0. The molecule has 3 aliphatic rings. The van der Waals surface area contributed by atoms with Gasteiger partial charge in [0.25, 0.3) is 0 Å². The standard InChI is InChI=1S/C10H18N2/c1-2-8-6-11-7-10(8)12(5-1)9-3-4-9/h8-11H,1-7H2. The van der Waals surface area contributed by atoms with E-state index in [1.165, 1.54) is 45.3 Å². The molecular formula is C10H18N2. The van der Waals surface area contributed by atoms with E-state index in [1.807, 2.05) is 0 Å². The van der Waals surface area contributed by atoms with E-state index in [9.17, 15) is 0 Å². The lowest BCUT2D eigenvalue weighted by atomic mass is 9.92. The summed E-state index contributed by atoms with van der Waals surface area (Å²) in [5, 5.41) is 3.54. The fourth-order valence-corrected chi connectivity index (χ4v) is 2.96. The van der Waals surface area contributed by atoms with Crippen LogP contribution in [0.4, 0.5) is 0 Å².